The van der Waals surface area contributed by atoms with Crippen LogP contribution in [0.15, 0.2) is 29.7 Å². The minimum absolute atomic E-state index is 0.0427. The van der Waals surface area contributed by atoms with Crippen molar-refractivity contribution in [2.24, 2.45) is 7.05 Å². The van der Waals surface area contributed by atoms with Crippen LogP contribution in [0.3, 0.4) is 0 Å². The van der Waals surface area contributed by atoms with Crippen LogP contribution in [-0.2, 0) is 16.9 Å². The van der Waals surface area contributed by atoms with Gasteiger partial charge in [0.05, 0.1) is 19.5 Å². The number of rotatable bonds is 5. The van der Waals surface area contributed by atoms with Crippen molar-refractivity contribution in [2.75, 3.05) is 32.6 Å². The van der Waals surface area contributed by atoms with E-state index in [0.717, 1.165) is 0 Å². The third-order valence-electron chi connectivity index (χ3n) is 4.70. The summed E-state index contributed by atoms with van der Waals surface area (Å²) in [4.78, 5) is 14.2. The molecule has 152 valence electrons. The molecule has 0 aliphatic carbocycles. The number of aromatic nitrogens is 3. The van der Waals surface area contributed by atoms with Gasteiger partial charge in [0.2, 0.25) is 15.0 Å². The topological polar surface area (TPSA) is 116 Å². The molecule has 28 heavy (non-hydrogen) atoms. The summed E-state index contributed by atoms with van der Waals surface area (Å²) in [7, 11) is 1.08. The predicted molar refractivity (Wildman–Crippen MR) is 101 cm³/mol. The van der Waals surface area contributed by atoms with Gasteiger partial charge in [-0.3, -0.25) is 0 Å². The van der Waals surface area contributed by atoms with Crippen molar-refractivity contribution >= 4 is 21.6 Å². The van der Waals surface area contributed by atoms with Gasteiger partial charge >= 0.3 is 6.03 Å². The van der Waals surface area contributed by atoms with Gasteiger partial charge in [-0.25, -0.2) is 13.2 Å². The first-order valence-corrected chi connectivity index (χ1v) is 10.3. The van der Waals surface area contributed by atoms with E-state index in [4.69, 9.17) is 9.47 Å². The zero-order valence-electron chi connectivity index (χ0n) is 16.0. The van der Waals surface area contributed by atoms with E-state index in [0.29, 0.717) is 43.1 Å². The first kappa shape index (κ1) is 19.9. The Morgan fingerprint density at radius 1 is 1.14 bits per heavy atom. The summed E-state index contributed by atoms with van der Waals surface area (Å²) < 4.78 is 37.2. The SMILES string of the molecule is COc1cc(NC(=O)N2CCC(S(=O)(=O)c3nncn3C)CC2)cc(OC)c1. The largest absolute Gasteiger partial charge is 0.497 e. The summed E-state index contributed by atoms with van der Waals surface area (Å²) in [6, 6.07) is 4.78. The van der Waals surface area contributed by atoms with Gasteiger partial charge in [0.25, 0.3) is 0 Å². The van der Waals surface area contributed by atoms with Crippen LogP contribution in [0.5, 0.6) is 11.5 Å². The predicted octanol–water partition coefficient (Wildman–Crippen LogP) is 1.30. The molecule has 0 spiro atoms. The number of nitrogens with zero attached hydrogens (tertiary/aromatic N) is 4. The number of benzene rings is 1. The Hall–Kier alpha value is -2.82. The number of piperidine rings is 1. The standard InChI is InChI=1S/C17H23N5O5S/c1-21-11-18-20-17(21)28(24,25)15-4-6-22(7-5-15)16(23)19-12-8-13(26-2)10-14(9-12)27-3/h8-11,15H,4-7H2,1-3H3,(H,19,23). The Labute approximate surface area is 163 Å². The molecule has 1 aliphatic heterocycles. The maximum atomic E-state index is 12.7. The number of sulfone groups is 1. The summed E-state index contributed by atoms with van der Waals surface area (Å²) >= 11 is 0. The highest BCUT2D eigenvalue weighted by molar-refractivity contribution is 7.91. The zero-order valence-corrected chi connectivity index (χ0v) is 16.8. The van der Waals surface area contributed by atoms with Crippen molar-refractivity contribution in [1.29, 1.82) is 0 Å². The molecule has 0 atom stereocenters. The molecule has 1 saturated heterocycles. The number of carbonyl (C=O) groups is 1. The Morgan fingerprint density at radius 3 is 2.25 bits per heavy atom. The van der Waals surface area contributed by atoms with Crippen LogP contribution in [-0.4, -0.2) is 66.7 Å². The highest BCUT2D eigenvalue weighted by Crippen LogP contribution is 2.27. The van der Waals surface area contributed by atoms with Gasteiger partial charge in [0.15, 0.2) is 0 Å². The molecule has 1 aromatic heterocycles. The van der Waals surface area contributed by atoms with Gasteiger partial charge in [-0.2, -0.15) is 0 Å². The number of anilines is 1. The fraction of sp³-hybridized carbons (Fsp3) is 0.471. The summed E-state index contributed by atoms with van der Waals surface area (Å²) in [6.45, 7) is 0.656. The number of carbonyl (C=O) groups excluding carboxylic acids is 1. The molecule has 0 radical (unpaired) electrons. The molecule has 3 rings (SSSR count). The van der Waals surface area contributed by atoms with E-state index in [1.165, 1.54) is 25.1 Å². The average molecular weight is 409 g/mol. The summed E-state index contributed by atoms with van der Waals surface area (Å²) in [5, 5.41) is 9.53. The number of likely N-dealkylation sites (tertiary alicyclic amines) is 1. The van der Waals surface area contributed by atoms with Gasteiger partial charge in [-0.1, -0.05) is 0 Å². The number of nitrogens with one attached hydrogen (secondary N) is 1. The van der Waals surface area contributed by atoms with Gasteiger partial charge in [-0.15, -0.1) is 10.2 Å². The second-order valence-electron chi connectivity index (χ2n) is 6.49. The van der Waals surface area contributed by atoms with Crippen LogP contribution in [0.1, 0.15) is 12.8 Å². The number of methoxy groups -OCH3 is 2. The number of hydrogen-bond acceptors (Lipinski definition) is 7. The van der Waals surface area contributed by atoms with E-state index in [9.17, 15) is 13.2 Å². The second-order valence-corrected chi connectivity index (χ2v) is 8.61. The van der Waals surface area contributed by atoms with Crippen molar-refractivity contribution in [3.63, 3.8) is 0 Å². The molecule has 11 heteroatoms. The van der Waals surface area contributed by atoms with E-state index in [2.05, 4.69) is 15.5 Å². The van der Waals surface area contributed by atoms with E-state index < -0.39 is 15.1 Å². The summed E-state index contributed by atoms with van der Waals surface area (Å²) in [6.07, 6.45) is 2.03. The van der Waals surface area contributed by atoms with Gasteiger partial charge in [-0.05, 0) is 12.8 Å². The second kappa shape index (κ2) is 8.05. The minimum Gasteiger partial charge on any atom is -0.497 e. The van der Waals surface area contributed by atoms with Crippen molar-refractivity contribution in [2.45, 2.75) is 23.2 Å². The lowest BCUT2D eigenvalue weighted by molar-refractivity contribution is 0.200. The molecule has 2 amide bonds. The molecule has 0 unspecified atom stereocenters. The molecule has 2 heterocycles. The number of urea groups is 1. The lowest BCUT2D eigenvalue weighted by atomic mass is 10.1. The Bertz CT molecular complexity index is 928. The fourth-order valence-corrected chi connectivity index (χ4v) is 4.87. The van der Waals surface area contributed by atoms with Crippen LogP contribution in [0.2, 0.25) is 0 Å². The molecule has 1 N–H and O–H groups in total. The quantitative estimate of drug-likeness (QED) is 0.791. The third-order valence-corrected chi connectivity index (χ3v) is 6.92. The Balaban J connectivity index is 1.64. The molecule has 1 aromatic carbocycles. The van der Waals surface area contributed by atoms with E-state index >= 15 is 0 Å². The molecule has 2 aromatic rings. The van der Waals surface area contributed by atoms with Crippen molar-refractivity contribution in [3.8, 4) is 11.5 Å². The van der Waals surface area contributed by atoms with Crippen LogP contribution in [0.4, 0.5) is 10.5 Å². The maximum absolute atomic E-state index is 12.7. The lowest BCUT2D eigenvalue weighted by Crippen LogP contribution is -2.44. The molecule has 0 bridgehead atoms. The monoisotopic (exact) mass is 409 g/mol. The smallest absolute Gasteiger partial charge is 0.321 e. The van der Waals surface area contributed by atoms with Crippen LogP contribution in [0, 0.1) is 0 Å². The molecule has 1 fully saturated rings. The number of hydrogen-bond donors (Lipinski definition) is 1. The Morgan fingerprint density at radius 2 is 1.75 bits per heavy atom. The normalized spacial score (nSPS) is 15.3. The molecular formula is C17H23N5O5S. The highest BCUT2D eigenvalue weighted by atomic mass is 32.2. The zero-order chi connectivity index (χ0) is 20.3. The van der Waals surface area contributed by atoms with Crippen LogP contribution in [0.25, 0.3) is 0 Å². The van der Waals surface area contributed by atoms with Crippen molar-refractivity contribution in [3.05, 3.63) is 24.5 Å². The molecular weight excluding hydrogens is 386 g/mol. The average Bonchev–Trinajstić information content (AvgIpc) is 3.14. The van der Waals surface area contributed by atoms with Gasteiger partial charge < -0.3 is 24.3 Å². The highest BCUT2D eigenvalue weighted by Gasteiger charge is 2.35. The molecule has 1 aliphatic rings. The first-order valence-electron chi connectivity index (χ1n) is 8.72. The van der Waals surface area contributed by atoms with Crippen LogP contribution < -0.4 is 14.8 Å². The number of amides is 2. The van der Waals surface area contributed by atoms with E-state index in [1.807, 2.05) is 0 Å². The van der Waals surface area contributed by atoms with E-state index in [1.54, 1.807) is 30.1 Å². The number of ether oxygens (including phenoxy) is 2. The first-order chi connectivity index (χ1) is 13.3. The fourth-order valence-electron chi connectivity index (χ4n) is 3.13. The minimum atomic E-state index is -3.58. The third kappa shape index (κ3) is 4.03. The van der Waals surface area contributed by atoms with Gasteiger partial charge in [0, 0.05) is 44.0 Å². The van der Waals surface area contributed by atoms with Crippen molar-refractivity contribution in [1.82, 2.24) is 19.7 Å². The lowest BCUT2D eigenvalue weighted by Gasteiger charge is -2.31. The molecule has 0 saturated carbocycles. The number of aryl methyl sites for hydroxylation is 1. The summed E-state index contributed by atoms with van der Waals surface area (Å²) in [5.41, 5.74) is 0.537. The maximum Gasteiger partial charge on any atom is 0.321 e. The van der Waals surface area contributed by atoms with Crippen molar-refractivity contribution < 1.29 is 22.7 Å². The van der Waals surface area contributed by atoms with Crippen LogP contribution >= 0.6 is 0 Å². The Kier molecular flexibility index (Phi) is 5.73. The molecule has 10 nitrogen and oxygen atoms in total. The van der Waals surface area contributed by atoms with Gasteiger partial charge in [0.1, 0.15) is 17.8 Å². The van der Waals surface area contributed by atoms with E-state index in [-0.39, 0.29) is 11.2 Å². The summed E-state index contributed by atoms with van der Waals surface area (Å²) in [5.74, 6) is 1.12.